The Morgan fingerprint density at radius 2 is 1.62 bits per heavy atom. The van der Waals surface area contributed by atoms with Crippen LogP contribution in [0.3, 0.4) is 0 Å². The number of ether oxygens (including phenoxy) is 2. The van der Waals surface area contributed by atoms with Gasteiger partial charge in [0.2, 0.25) is 0 Å². The molecule has 2 saturated heterocycles. The smallest absolute Gasteiger partial charge is 0.148 e. The third kappa shape index (κ3) is 7.40. The van der Waals surface area contributed by atoms with Crippen molar-refractivity contribution in [1.29, 1.82) is 0 Å². The van der Waals surface area contributed by atoms with Crippen molar-refractivity contribution in [1.82, 2.24) is 20.2 Å². The van der Waals surface area contributed by atoms with Crippen LogP contribution in [0.4, 0.5) is 0 Å². The summed E-state index contributed by atoms with van der Waals surface area (Å²) < 4.78 is 14.8. The molecule has 0 amide bonds. The number of fused-ring (bicyclic) bond motifs is 1. The van der Waals surface area contributed by atoms with Crippen LogP contribution in [0.2, 0.25) is 5.02 Å². The third-order valence-corrected chi connectivity index (χ3v) is 8.06. The zero-order valence-electron chi connectivity index (χ0n) is 21.9. The first-order valence-electron chi connectivity index (χ1n) is 14.2. The highest BCUT2D eigenvalue weighted by molar-refractivity contribution is 6.30. The minimum atomic E-state index is 0.412. The fourth-order valence-corrected chi connectivity index (χ4v) is 5.88. The number of para-hydroxylation sites is 1. The van der Waals surface area contributed by atoms with Gasteiger partial charge in [-0.15, -0.1) is 0 Å². The Morgan fingerprint density at radius 1 is 0.892 bits per heavy atom. The molecule has 2 fully saturated rings. The number of nitrogens with zero attached hydrogens (tertiary/aromatic N) is 2. The van der Waals surface area contributed by atoms with Gasteiger partial charge in [-0.2, -0.15) is 0 Å². The van der Waals surface area contributed by atoms with Gasteiger partial charge in [-0.25, -0.2) is 4.98 Å². The zero-order valence-corrected chi connectivity index (χ0v) is 22.6. The first-order chi connectivity index (χ1) is 18.3. The Labute approximate surface area is 226 Å². The van der Waals surface area contributed by atoms with Crippen molar-refractivity contribution in [2.75, 3.05) is 32.8 Å². The van der Waals surface area contributed by atoms with Gasteiger partial charge in [0, 0.05) is 11.6 Å². The van der Waals surface area contributed by atoms with E-state index < -0.39 is 0 Å². The molecular formula is C30H41ClN4O2. The highest BCUT2D eigenvalue weighted by atomic mass is 35.5. The lowest BCUT2D eigenvalue weighted by Gasteiger charge is -2.22. The lowest BCUT2D eigenvalue weighted by atomic mass is 9.95. The topological polar surface area (TPSA) is 60.3 Å². The van der Waals surface area contributed by atoms with E-state index in [4.69, 9.17) is 26.1 Å². The van der Waals surface area contributed by atoms with Crippen LogP contribution in [-0.2, 0) is 13.2 Å². The minimum absolute atomic E-state index is 0.412. The number of benzene rings is 2. The van der Waals surface area contributed by atoms with E-state index in [0.717, 1.165) is 85.8 Å². The number of hydrogen-bond acceptors (Lipinski definition) is 5. The third-order valence-electron chi connectivity index (χ3n) is 7.81. The molecule has 0 saturated carbocycles. The van der Waals surface area contributed by atoms with Gasteiger partial charge in [-0.1, -0.05) is 17.7 Å². The predicted octanol–water partition coefficient (Wildman–Crippen LogP) is 6.21. The van der Waals surface area contributed by atoms with Gasteiger partial charge in [0.15, 0.2) is 0 Å². The van der Waals surface area contributed by atoms with Crippen LogP contribution in [0, 0.1) is 11.8 Å². The fourth-order valence-electron chi connectivity index (χ4n) is 5.76. The van der Waals surface area contributed by atoms with Crippen LogP contribution in [0.5, 0.6) is 11.5 Å². The van der Waals surface area contributed by atoms with E-state index in [9.17, 15) is 0 Å². The van der Waals surface area contributed by atoms with E-state index in [0.29, 0.717) is 11.6 Å². The van der Waals surface area contributed by atoms with Crippen LogP contribution in [0.1, 0.15) is 57.2 Å². The molecule has 3 heterocycles. The summed E-state index contributed by atoms with van der Waals surface area (Å²) in [6.45, 7) is 6.70. The van der Waals surface area contributed by atoms with Crippen molar-refractivity contribution in [3.8, 4) is 11.5 Å². The van der Waals surface area contributed by atoms with Crippen LogP contribution < -0.4 is 20.1 Å². The standard InChI is InChI=1S/C30H41ClN4O2/c31-25-12-14-26(15-13-25)37-22-29-34-30-27(35(29)18-4-8-23-6-2-16-32-20-23)10-1-11-28(30)36-19-5-9-24-7-3-17-33-21-24/h1,10-15,23-24,32-33H,2-9,16-22H2/t23-,24?/m0/s1. The predicted molar refractivity (Wildman–Crippen MR) is 151 cm³/mol. The largest absolute Gasteiger partial charge is 0.491 e. The second-order valence-electron chi connectivity index (χ2n) is 10.6. The summed E-state index contributed by atoms with van der Waals surface area (Å²) in [5.41, 5.74) is 2.07. The average molecular weight is 525 g/mol. The molecule has 2 N–H and O–H groups in total. The molecule has 2 aromatic carbocycles. The first kappa shape index (κ1) is 26.3. The van der Waals surface area contributed by atoms with Gasteiger partial charge in [0.05, 0.1) is 12.1 Å². The SMILES string of the molecule is Clc1ccc(OCc2nc3c(OCCCC4CCCNC4)cccc3n2CCC[C@@H]2CCCNC2)cc1. The Hall–Kier alpha value is -2.28. The van der Waals surface area contributed by atoms with Gasteiger partial charge in [-0.3, -0.25) is 0 Å². The highest BCUT2D eigenvalue weighted by Crippen LogP contribution is 2.29. The van der Waals surface area contributed by atoms with E-state index in [1.165, 1.54) is 45.1 Å². The van der Waals surface area contributed by atoms with Gasteiger partial charge in [0.1, 0.15) is 29.4 Å². The molecule has 0 spiro atoms. The van der Waals surface area contributed by atoms with Crippen molar-refractivity contribution in [3.63, 3.8) is 0 Å². The summed E-state index contributed by atoms with van der Waals surface area (Å²) in [4.78, 5) is 5.04. The summed E-state index contributed by atoms with van der Waals surface area (Å²) in [7, 11) is 0. The Kier molecular flexibility index (Phi) is 9.60. The molecular weight excluding hydrogens is 484 g/mol. The van der Waals surface area contributed by atoms with E-state index in [1.807, 2.05) is 24.3 Å². The number of halogens is 1. The number of hydrogen-bond donors (Lipinski definition) is 2. The van der Waals surface area contributed by atoms with Crippen LogP contribution in [0.15, 0.2) is 42.5 Å². The Balaban J connectivity index is 1.27. The molecule has 1 unspecified atom stereocenters. The lowest BCUT2D eigenvalue weighted by molar-refractivity contribution is 0.277. The van der Waals surface area contributed by atoms with Crippen LogP contribution >= 0.6 is 11.6 Å². The number of nitrogens with one attached hydrogen (secondary N) is 2. The van der Waals surface area contributed by atoms with Crippen molar-refractivity contribution in [2.45, 2.75) is 64.5 Å². The zero-order chi connectivity index (χ0) is 25.3. The van der Waals surface area contributed by atoms with Crippen molar-refractivity contribution >= 4 is 22.6 Å². The second-order valence-corrected chi connectivity index (χ2v) is 11.0. The molecule has 5 rings (SSSR count). The minimum Gasteiger partial charge on any atom is -0.491 e. The summed E-state index contributed by atoms with van der Waals surface area (Å²) in [5.74, 6) is 4.17. The summed E-state index contributed by atoms with van der Waals surface area (Å²) in [6.07, 6.45) is 9.90. The molecule has 0 radical (unpaired) electrons. The normalized spacial score (nSPS) is 20.2. The van der Waals surface area contributed by atoms with Gasteiger partial charge in [0.25, 0.3) is 0 Å². The molecule has 7 heteroatoms. The molecule has 2 atom stereocenters. The van der Waals surface area contributed by atoms with Gasteiger partial charge >= 0.3 is 0 Å². The van der Waals surface area contributed by atoms with Gasteiger partial charge in [-0.05, 0) is 126 Å². The van der Waals surface area contributed by atoms with Crippen molar-refractivity contribution in [3.05, 3.63) is 53.3 Å². The summed E-state index contributed by atoms with van der Waals surface area (Å²) in [5, 5.41) is 7.77. The molecule has 6 nitrogen and oxygen atoms in total. The van der Waals surface area contributed by atoms with E-state index in [1.54, 1.807) is 0 Å². The van der Waals surface area contributed by atoms with E-state index >= 15 is 0 Å². The molecule has 1 aromatic heterocycles. The number of imidazole rings is 1. The van der Waals surface area contributed by atoms with Crippen molar-refractivity contribution in [2.24, 2.45) is 11.8 Å². The molecule has 0 aliphatic carbocycles. The summed E-state index contributed by atoms with van der Waals surface area (Å²) >= 11 is 6.05. The highest BCUT2D eigenvalue weighted by Gasteiger charge is 2.18. The van der Waals surface area contributed by atoms with Crippen LogP contribution in [0.25, 0.3) is 11.0 Å². The molecule has 0 bridgehead atoms. The Bertz CT molecular complexity index is 1100. The monoisotopic (exact) mass is 524 g/mol. The number of rotatable bonds is 12. The van der Waals surface area contributed by atoms with Crippen LogP contribution in [-0.4, -0.2) is 42.3 Å². The van der Waals surface area contributed by atoms with E-state index in [2.05, 4.69) is 33.4 Å². The number of piperidine rings is 2. The molecule has 3 aromatic rings. The van der Waals surface area contributed by atoms with E-state index in [-0.39, 0.29) is 0 Å². The second kappa shape index (κ2) is 13.5. The fraction of sp³-hybridized carbons (Fsp3) is 0.567. The number of aryl methyl sites for hydroxylation is 1. The average Bonchev–Trinajstić information content (AvgIpc) is 3.30. The maximum atomic E-state index is 6.29. The lowest BCUT2D eigenvalue weighted by Crippen LogP contribution is -2.29. The molecule has 37 heavy (non-hydrogen) atoms. The maximum absolute atomic E-state index is 6.29. The number of aromatic nitrogens is 2. The quantitative estimate of drug-likeness (QED) is 0.276. The Morgan fingerprint density at radius 3 is 2.32 bits per heavy atom. The molecule has 2 aliphatic rings. The first-order valence-corrected chi connectivity index (χ1v) is 14.5. The molecule has 200 valence electrons. The molecule has 2 aliphatic heterocycles. The summed E-state index contributed by atoms with van der Waals surface area (Å²) in [6, 6.07) is 13.8. The van der Waals surface area contributed by atoms with Gasteiger partial charge < -0.3 is 24.7 Å². The van der Waals surface area contributed by atoms with Crippen molar-refractivity contribution < 1.29 is 9.47 Å². The maximum Gasteiger partial charge on any atom is 0.148 e.